The van der Waals surface area contributed by atoms with Crippen molar-refractivity contribution in [3.63, 3.8) is 0 Å². The van der Waals surface area contributed by atoms with Crippen LogP contribution in [0.2, 0.25) is 0 Å². The molecule has 106 valence electrons. The highest BCUT2D eigenvalue weighted by molar-refractivity contribution is 5.79. The zero-order chi connectivity index (χ0) is 14.4. The first-order valence-corrected chi connectivity index (χ1v) is 6.32. The zero-order valence-electron chi connectivity index (χ0n) is 11.0. The van der Waals surface area contributed by atoms with Crippen LogP contribution in [0.1, 0.15) is 12.0 Å². The van der Waals surface area contributed by atoms with Gasteiger partial charge in [0.15, 0.2) is 5.96 Å². The Labute approximate surface area is 116 Å². The van der Waals surface area contributed by atoms with Crippen molar-refractivity contribution < 1.29 is 9.15 Å². The number of hydrogen-bond acceptors (Lipinski definition) is 4. The summed E-state index contributed by atoms with van der Waals surface area (Å²) in [6.45, 7) is 1.40. The van der Waals surface area contributed by atoms with Gasteiger partial charge < -0.3 is 20.6 Å². The number of nitrogens with two attached hydrogens (primary N) is 2. The molecule has 6 heteroatoms. The van der Waals surface area contributed by atoms with Crippen LogP contribution in [0, 0.1) is 0 Å². The van der Waals surface area contributed by atoms with Gasteiger partial charge in [-0.2, -0.15) is 0 Å². The number of guanidine groups is 1. The average molecular weight is 275 g/mol. The Kier molecular flexibility index (Phi) is 4.73. The SMILES string of the molecule is NC(N)=NCCCOCc1cc(=O)oc2ccccc12. The van der Waals surface area contributed by atoms with E-state index in [-0.39, 0.29) is 11.6 Å². The lowest BCUT2D eigenvalue weighted by Crippen LogP contribution is -2.23. The van der Waals surface area contributed by atoms with E-state index in [4.69, 9.17) is 20.6 Å². The molecule has 0 radical (unpaired) electrons. The highest BCUT2D eigenvalue weighted by atomic mass is 16.5. The van der Waals surface area contributed by atoms with E-state index in [1.165, 1.54) is 6.07 Å². The Hall–Kier alpha value is -2.34. The van der Waals surface area contributed by atoms with E-state index in [9.17, 15) is 4.79 Å². The molecule has 4 N–H and O–H groups in total. The highest BCUT2D eigenvalue weighted by Crippen LogP contribution is 2.17. The third-order valence-electron chi connectivity index (χ3n) is 2.73. The smallest absolute Gasteiger partial charge is 0.336 e. The van der Waals surface area contributed by atoms with Gasteiger partial charge >= 0.3 is 5.63 Å². The van der Waals surface area contributed by atoms with Gasteiger partial charge in [-0.3, -0.25) is 4.99 Å². The van der Waals surface area contributed by atoms with Crippen LogP contribution in [0.25, 0.3) is 11.0 Å². The summed E-state index contributed by atoms with van der Waals surface area (Å²) in [5.41, 5.74) is 11.5. The van der Waals surface area contributed by atoms with Crippen LogP contribution in [0.15, 0.2) is 44.5 Å². The van der Waals surface area contributed by atoms with E-state index in [0.29, 0.717) is 25.3 Å². The van der Waals surface area contributed by atoms with Crippen molar-refractivity contribution in [3.8, 4) is 0 Å². The average Bonchev–Trinajstić information content (AvgIpc) is 2.42. The molecule has 1 heterocycles. The largest absolute Gasteiger partial charge is 0.423 e. The van der Waals surface area contributed by atoms with Gasteiger partial charge in [0.2, 0.25) is 0 Å². The number of ether oxygens (including phenoxy) is 1. The first-order chi connectivity index (χ1) is 9.66. The monoisotopic (exact) mass is 275 g/mol. The van der Waals surface area contributed by atoms with E-state index in [0.717, 1.165) is 17.4 Å². The third kappa shape index (κ3) is 3.83. The molecule has 1 aromatic heterocycles. The third-order valence-corrected chi connectivity index (χ3v) is 2.73. The number of hydrogen-bond donors (Lipinski definition) is 2. The maximum absolute atomic E-state index is 11.4. The van der Waals surface area contributed by atoms with Crippen LogP contribution in [-0.4, -0.2) is 19.1 Å². The molecule has 0 atom stereocenters. The quantitative estimate of drug-likeness (QED) is 0.354. The molecule has 0 amide bonds. The van der Waals surface area contributed by atoms with Crippen LogP contribution in [0.5, 0.6) is 0 Å². The van der Waals surface area contributed by atoms with Crippen LogP contribution in [-0.2, 0) is 11.3 Å². The highest BCUT2D eigenvalue weighted by Gasteiger charge is 2.04. The summed E-state index contributed by atoms with van der Waals surface area (Å²) in [7, 11) is 0. The summed E-state index contributed by atoms with van der Waals surface area (Å²) in [6.07, 6.45) is 0.720. The summed E-state index contributed by atoms with van der Waals surface area (Å²) in [5.74, 6) is 0.0802. The molecule has 2 aromatic rings. The summed E-state index contributed by atoms with van der Waals surface area (Å²) in [4.78, 5) is 15.3. The number of rotatable bonds is 6. The van der Waals surface area contributed by atoms with E-state index < -0.39 is 0 Å². The summed E-state index contributed by atoms with van der Waals surface area (Å²) in [5, 5.41) is 0.885. The predicted octanol–water partition coefficient (Wildman–Crippen LogP) is 0.973. The van der Waals surface area contributed by atoms with Crippen molar-refractivity contribution >= 4 is 16.9 Å². The number of nitrogens with zero attached hydrogens (tertiary/aromatic N) is 1. The van der Waals surface area contributed by atoms with Gasteiger partial charge in [0, 0.05) is 24.6 Å². The second-order valence-corrected chi connectivity index (χ2v) is 4.30. The van der Waals surface area contributed by atoms with Gasteiger partial charge in [0.1, 0.15) is 5.58 Å². The second-order valence-electron chi connectivity index (χ2n) is 4.30. The molecule has 0 bridgehead atoms. The minimum absolute atomic E-state index is 0.0802. The lowest BCUT2D eigenvalue weighted by molar-refractivity contribution is 0.120. The van der Waals surface area contributed by atoms with Gasteiger partial charge in [0.05, 0.1) is 6.61 Å². The van der Waals surface area contributed by atoms with Crippen LogP contribution < -0.4 is 17.1 Å². The topological polar surface area (TPSA) is 104 Å². The Morgan fingerprint density at radius 2 is 2.10 bits per heavy atom. The Morgan fingerprint density at radius 3 is 2.90 bits per heavy atom. The normalized spacial score (nSPS) is 10.6. The molecule has 0 saturated carbocycles. The van der Waals surface area contributed by atoms with Crippen molar-refractivity contribution in [2.75, 3.05) is 13.2 Å². The standard InChI is InChI=1S/C14H17N3O3/c15-14(16)17-6-3-7-19-9-10-8-13(18)20-12-5-2-1-4-11(10)12/h1-2,4-5,8H,3,6-7,9H2,(H4,15,16,17). The zero-order valence-corrected chi connectivity index (χ0v) is 11.0. The van der Waals surface area contributed by atoms with Crippen molar-refractivity contribution in [3.05, 3.63) is 46.3 Å². The van der Waals surface area contributed by atoms with E-state index in [1.807, 2.05) is 18.2 Å². The van der Waals surface area contributed by atoms with E-state index in [2.05, 4.69) is 4.99 Å². The summed E-state index contributed by atoms with van der Waals surface area (Å²) < 4.78 is 10.7. The minimum atomic E-state index is -0.372. The first-order valence-electron chi connectivity index (χ1n) is 6.32. The van der Waals surface area contributed by atoms with Crippen molar-refractivity contribution in [1.29, 1.82) is 0 Å². The van der Waals surface area contributed by atoms with Gasteiger partial charge in [-0.05, 0) is 18.1 Å². The molecular formula is C14H17N3O3. The van der Waals surface area contributed by atoms with Crippen LogP contribution >= 0.6 is 0 Å². The van der Waals surface area contributed by atoms with Crippen LogP contribution in [0.3, 0.4) is 0 Å². The van der Waals surface area contributed by atoms with E-state index in [1.54, 1.807) is 6.07 Å². The Morgan fingerprint density at radius 1 is 1.30 bits per heavy atom. The van der Waals surface area contributed by atoms with Gasteiger partial charge in [0.25, 0.3) is 0 Å². The maximum Gasteiger partial charge on any atom is 0.336 e. The molecule has 0 saturated heterocycles. The Balaban J connectivity index is 1.96. The molecule has 1 aromatic carbocycles. The Bertz CT molecular complexity index is 660. The molecule has 2 rings (SSSR count). The molecule has 0 unspecified atom stereocenters. The molecule has 0 fully saturated rings. The number of fused-ring (bicyclic) bond motifs is 1. The fourth-order valence-corrected chi connectivity index (χ4v) is 1.86. The molecule has 0 aliphatic heterocycles. The lowest BCUT2D eigenvalue weighted by atomic mass is 10.1. The lowest BCUT2D eigenvalue weighted by Gasteiger charge is -2.06. The van der Waals surface area contributed by atoms with Gasteiger partial charge in [-0.25, -0.2) is 4.79 Å². The number of benzene rings is 1. The first kappa shape index (κ1) is 14.1. The summed E-state index contributed by atoms with van der Waals surface area (Å²) >= 11 is 0. The molecule has 20 heavy (non-hydrogen) atoms. The number of aliphatic imine (C=N–C) groups is 1. The number of para-hydroxylation sites is 1. The van der Waals surface area contributed by atoms with Crippen molar-refractivity contribution in [2.45, 2.75) is 13.0 Å². The van der Waals surface area contributed by atoms with Gasteiger partial charge in [-0.15, -0.1) is 0 Å². The molecule has 0 spiro atoms. The van der Waals surface area contributed by atoms with Crippen molar-refractivity contribution in [1.82, 2.24) is 0 Å². The molecule has 0 aliphatic rings. The van der Waals surface area contributed by atoms with Crippen LogP contribution in [0.4, 0.5) is 0 Å². The summed E-state index contributed by atoms with van der Waals surface area (Å²) in [6, 6.07) is 8.84. The molecule has 6 nitrogen and oxygen atoms in total. The van der Waals surface area contributed by atoms with Gasteiger partial charge in [-0.1, -0.05) is 18.2 Å². The predicted molar refractivity (Wildman–Crippen MR) is 77.4 cm³/mol. The fraction of sp³-hybridized carbons (Fsp3) is 0.286. The fourth-order valence-electron chi connectivity index (χ4n) is 1.86. The molecule has 0 aliphatic carbocycles. The maximum atomic E-state index is 11.4. The molecular weight excluding hydrogens is 258 g/mol. The second kappa shape index (κ2) is 6.72. The minimum Gasteiger partial charge on any atom is -0.423 e. The van der Waals surface area contributed by atoms with E-state index >= 15 is 0 Å². The van der Waals surface area contributed by atoms with Crippen molar-refractivity contribution in [2.24, 2.45) is 16.5 Å².